The summed E-state index contributed by atoms with van der Waals surface area (Å²) in [5.41, 5.74) is 2.16. The predicted molar refractivity (Wildman–Crippen MR) is 86.0 cm³/mol. The lowest BCUT2D eigenvalue weighted by Gasteiger charge is -2.26. The SMILES string of the molecule is Cc1ccccc1[C@H]1CCCN1C(=O)Nc1ncc(C(F)(F)F)s1. The van der Waals surface area contributed by atoms with Crippen molar-refractivity contribution in [2.45, 2.75) is 32.0 Å². The van der Waals surface area contributed by atoms with E-state index in [1.165, 1.54) is 0 Å². The summed E-state index contributed by atoms with van der Waals surface area (Å²) in [5, 5.41) is 2.45. The van der Waals surface area contributed by atoms with Crippen LogP contribution in [0.25, 0.3) is 0 Å². The van der Waals surface area contributed by atoms with Gasteiger partial charge in [-0.3, -0.25) is 5.32 Å². The minimum absolute atomic E-state index is 0.0391. The van der Waals surface area contributed by atoms with Crippen molar-refractivity contribution >= 4 is 22.5 Å². The van der Waals surface area contributed by atoms with E-state index in [0.717, 1.165) is 30.2 Å². The van der Waals surface area contributed by atoms with E-state index in [9.17, 15) is 18.0 Å². The summed E-state index contributed by atoms with van der Waals surface area (Å²) in [6.45, 7) is 2.56. The Hall–Kier alpha value is -2.09. The van der Waals surface area contributed by atoms with E-state index < -0.39 is 17.1 Å². The molecule has 0 saturated carbocycles. The molecule has 2 heterocycles. The number of aromatic nitrogens is 1. The first-order chi connectivity index (χ1) is 11.4. The monoisotopic (exact) mass is 355 g/mol. The fraction of sp³-hybridized carbons (Fsp3) is 0.375. The summed E-state index contributed by atoms with van der Waals surface area (Å²) in [7, 11) is 0. The molecule has 0 bridgehead atoms. The molecular formula is C16H16F3N3OS. The van der Waals surface area contributed by atoms with Crippen LogP contribution in [0.1, 0.15) is 34.9 Å². The zero-order valence-electron chi connectivity index (χ0n) is 12.9. The third-order valence-corrected chi connectivity index (χ3v) is 5.02. The van der Waals surface area contributed by atoms with Crippen molar-refractivity contribution in [3.05, 3.63) is 46.5 Å². The highest BCUT2D eigenvalue weighted by Gasteiger charge is 2.34. The highest BCUT2D eigenvalue weighted by molar-refractivity contribution is 7.15. The second-order valence-electron chi connectivity index (χ2n) is 5.67. The quantitative estimate of drug-likeness (QED) is 0.838. The van der Waals surface area contributed by atoms with Crippen LogP contribution in [0, 0.1) is 6.92 Å². The number of anilines is 1. The third-order valence-electron chi connectivity index (χ3n) is 4.06. The van der Waals surface area contributed by atoms with Crippen molar-refractivity contribution in [1.29, 1.82) is 0 Å². The van der Waals surface area contributed by atoms with Crippen LogP contribution in [0.4, 0.5) is 23.1 Å². The number of benzene rings is 1. The molecule has 0 spiro atoms. The molecule has 2 aromatic rings. The summed E-state index contributed by atoms with van der Waals surface area (Å²) in [5.74, 6) is 0. The number of halogens is 3. The molecule has 3 rings (SSSR count). The summed E-state index contributed by atoms with van der Waals surface area (Å²) < 4.78 is 37.8. The topological polar surface area (TPSA) is 45.2 Å². The molecule has 128 valence electrons. The summed E-state index contributed by atoms with van der Waals surface area (Å²) in [4.78, 5) is 17.0. The number of rotatable bonds is 2. The number of carbonyl (C=O) groups excluding carboxylic acids is 1. The second-order valence-corrected chi connectivity index (χ2v) is 6.70. The van der Waals surface area contributed by atoms with Gasteiger partial charge in [0.05, 0.1) is 12.2 Å². The first kappa shape index (κ1) is 16.8. The van der Waals surface area contributed by atoms with Crippen molar-refractivity contribution in [3.63, 3.8) is 0 Å². The zero-order valence-corrected chi connectivity index (χ0v) is 13.7. The maximum absolute atomic E-state index is 12.6. The van der Waals surface area contributed by atoms with Crippen molar-refractivity contribution in [1.82, 2.24) is 9.88 Å². The van der Waals surface area contributed by atoms with Crippen molar-refractivity contribution < 1.29 is 18.0 Å². The fourth-order valence-corrected chi connectivity index (χ4v) is 3.59. The van der Waals surface area contributed by atoms with Gasteiger partial charge in [0.15, 0.2) is 5.13 Å². The summed E-state index contributed by atoms with van der Waals surface area (Å²) >= 11 is 0.432. The van der Waals surface area contributed by atoms with Crippen molar-refractivity contribution in [2.24, 2.45) is 0 Å². The molecule has 1 aliphatic heterocycles. The smallest absolute Gasteiger partial charge is 0.317 e. The molecule has 0 unspecified atom stereocenters. The number of amides is 2. The van der Waals surface area contributed by atoms with E-state index in [2.05, 4.69) is 10.3 Å². The van der Waals surface area contributed by atoms with Gasteiger partial charge in [0.1, 0.15) is 4.88 Å². The molecule has 1 atom stereocenters. The van der Waals surface area contributed by atoms with Crippen LogP contribution in [0.3, 0.4) is 0 Å². The van der Waals surface area contributed by atoms with Gasteiger partial charge < -0.3 is 4.90 Å². The largest absolute Gasteiger partial charge is 0.427 e. The minimum Gasteiger partial charge on any atom is -0.317 e. The molecule has 0 radical (unpaired) electrons. The number of nitrogens with zero attached hydrogens (tertiary/aromatic N) is 2. The lowest BCUT2D eigenvalue weighted by atomic mass is 9.99. The molecule has 24 heavy (non-hydrogen) atoms. The fourth-order valence-electron chi connectivity index (χ4n) is 2.92. The molecule has 1 aromatic heterocycles. The van der Waals surface area contributed by atoms with Gasteiger partial charge in [0.25, 0.3) is 0 Å². The lowest BCUT2D eigenvalue weighted by Crippen LogP contribution is -2.34. The standard InChI is InChI=1S/C16H16F3N3OS/c1-10-5-2-3-6-11(10)12-7-4-8-22(12)15(23)21-14-20-9-13(24-14)16(17,18)19/h2-3,5-6,9,12H,4,7-8H2,1H3,(H,20,21,23)/t12-/m1/s1. The van der Waals surface area contributed by atoms with Crippen LogP contribution < -0.4 is 5.32 Å². The predicted octanol–water partition coefficient (Wildman–Crippen LogP) is 4.84. The highest BCUT2D eigenvalue weighted by atomic mass is 32.1. The number of carbonyl (C=O) groups is 1. The highest BCUT2D eigenvalue weighted by Crippen LogP contribution is 2.36. The minimum atomic E-state index is -4.45. The van der Waals surface area contributed by atoms with Crippen LogP contribution in [0.15, 0.2) is 30.5 Å². The Kier molecular flexibility index (Phi) is 4.49. The molecule has 1 N–H and O–H groups in total. The molecule has 2 amide bonds. The van der Waals surface area contributed by atoms with Crippen LogP contribution >= 0.6 is 11.3 Å². The van der Waals surface area contributed by atoms with Crippen LogP contribution in [0.5, 0.6) is 0 Å². The number of alkyl halides is 3. The number of hydrogen-bond donors (Lipinski definition) is 1. The molecule has 1 saturated heterocycles. The first-order valence-corrected chi connectivity index (χ1v) is 8.34. The number of nitrogens with one attached hydrogen (secondary N) is 1. The molecule has 0 aliphatic carbocycles. The van der Waals surface area contributed by atoms with Gasteiger partial charge in [-0.05, 0) is 30.9 Å². The van der Waals surface area contributed by atoms with E-state index >= 15 is 0 Å². The van der Waals surface area contributed by atoms with Gasteiger partial charge in [0.2, 0.25) is 0 Å². The van der Waals surface area contributed by atoms with E-state index in [1.807, 2.05) is 31.2 Å². The number of thiazole rings is 1. The zero-order chi connectivity index (χ0) is 17.3. The number of aryl methyl sites for hydroxylation is 1. The van der Waals surface area contributed by atoms with Crippen molar-refractivity contribution in [3.8, 4) is 0 Å². The third kappa shape index (κ3) is 3.38. The molecule has 4 nitrogen and oxygen atoms in total. The number of likely N-dealkylation sites (tertiary alicyclic amines) is 1. The summed E-state index contributed by atoms with van der Waals surface area (Å²) in [6.07, 6.45) is -2.01. The molecule has 1 aliphatic rings. The maximum Gasteiger partial charge on any atom is 0.427 e. The van der Waals surface area contributed by atoms with E-state index in [1.54, 1.807) is 4.90 Å². The number of urea groups is 1. The van der Waals surface area contributed by atoms with Gasteiger partial charge in [-0.15, -0.1) is 0 Å². The molecule has 8 heteroatoms. The van der Waals surface area contributed by atoms with Gasteiger partial charge in [0, 0.05) is 6.54 Å². The van der Waals surface area contributed by atoms with E-state index in [0.29, 0.717) is 17.9 Å². The Balaban J connectivity index is 1.75. The number of hydrogen-bond acceptors (Lipinski definition) is 3. The summed E-state index contributed by atoms with van der Waals surface area (Å²) in [6, 6.07) is 7.35. The van der Waals surface area contributed by atoms with E-state index in [4.69, 9.17) is 0 Å². The Morgan fingerprint density at radius 3 is 2.79 bits per heavy atom. The van der Waals surface area contributed by atoms with Gasteiger partial charge in [-0.25, -0.2) is 9.78 Å². The molecular weight excluding hydrogens is 339 g/mol. The Morgan fingerprint density at radius 2 is 2.12 bits per heavy atom. The lowest BCUT2D eigenvalue weighted by molar-refractivity contribution is -0.134. The van der Waals surface area contributed by atoms with Gasteiger partial charge >= 0.3 is 12.2 Å². The van der Waals surface area contributed by atoms with Crippen LogP contribution in [0.2, 0.25) is 0 Å². The average Bonchev–Trinajstić information content (AvgIpc) is 3.16. The van der Waals surface area contributed by atoms with Crippen LogP contribution in [-0.2, 0) is 6.18 Å². The Bertz CT molecular complexity index is 744. The van der Waals surface area contributed by atoms with Crippen molar-refractivity contribution in [2.75, 3.05) is 11.9 Å². The first-order valence-electron chi connectivity index (χ1n) is 7.52. The average molecular weight is 355 g/mol. The van der Waals surface area contributed by atoms with Gasteiger partial charge in [-0.1, -0.05) is 35.6 Å². The second kappa shape index (κ2) is 6.43. The Morgan fingerprint density at radius 1 is 1.38 bits per heavy atom. The molecule has 1 fully saturated rings. The normalized spacial score (nSPS) is 18.0. The Labute approximate surface area is 141 Å². The van der Waals surface area contributed by atoms with Gasteiger partial charge in [-0.2, -0.15) is 13.2 Å². The molecule has 1 aromatic carbocycles. The van der Waals surface area contributed by atoms with Crippen LogP contribution in [-0.4, -0.2) is 22.5 Å². The maximum atomic E-state index is 12.6. The van der Waals surface area contributed by atoms with E-state index in [-0.39, 0.29) is 11.2 Å².